The Hall–Kier alpha value is -4.06. The second kappa shape index (κ2) is 12.6. The molecule has 2 aromatic rings. The lowest BCUT2D eigenvalue weighted by Crippen LogP contribution is -2.59. The number of carbonyl (C=O) groups excluding carboxylic acids is 3. The summed E-state index contributed by atoms with van der Waals surface area (Å²) in [4.78, 5) is 43.2. The van der Waals surface area contributed by atoms with Crippen molar-refractivity contribution in [1.29, 1.82) is 0 Å². The van der Waals surface area contributed by atoms with Gasteiger partial charge in [-0.3, -0.25) is 19.3 Å². The number of methoxy groups -OCH3 is 1. The Morgan fingerprint density at radius 3 is 2.46 bits per heavy atom. The molecule has 2 aromatic carbocycles. The van der Waals surface area contributed by atoms with E-state index in [2.05, 4.69) is 5.32 Å². The van der Waals surface area contributed by atoms with Gasteiger partial charge in [-0.25, -0.2) is 4.39 Å². The number of rotatable bonds is 10. The van der Waals surface area contributed by atoms with E-state index in [1.807, 2.05) is 13.8 Å². The molecular weight excluding hydrogens is 593 g/mol. The fourth-order valence-electron chi connectivity index (χ4n) is 7.42. The summed E-state index contributed by atoms with van der Waals surface area (Å²) < 4.78 is 28.5. The van der Waals surface area contributed by atoms with Crippen LogP contribution in [0.1, 0.15) is 48.7 Å². The maximum absolute atomic E-state index is 16.4. The number of benzene rings is 2. The van der Waals surface area contributed by atoms with E-state index in [4.69, 9.17) is 15.2 Å². The summed E-state index contributed by atoms with van der Waals surface area (Å²) in [5.41, 5.74) is 4.29. The van der Waals surface area contributed by atoms with Crippen LogP contribution in [-0.2, 0) is 22.6 Å². The van der Waals surface area contributed by atoms with Crippen LogP contribution in [0, 0.1) is 29.0 Å². The van der Waals surface area contributed by atoms with Crippen molar-refractivity contribution < 1.29 is 38.5 Å². The molecule has 0 spiro atoms. The fraction of sp³-hybridized carbons (Fsp3) is 0.457. The van der Waals surface area contributed by atoms with E-state index in [0.29, 0.717) is 11.3 Å². The lowest BCUT2D eigenvalue weighted by atomic mass is 9.54. The quantitative estimate of drug-likeness (QED) is 0.288. The first kappa shape index (κ1) is 33.3. The number of aliphatic hydroxyl groups is 2. The van der Waals surface area contributed by atoms with Gasteiger partial charge in [0.15, 0.2) is 11.6 Å². The molecule has 3 aliphatic carbocycles. The molecular formula is C35H42FN3O7. The predicted octanol–water partition coefficient (Wildman–Crippen LogP) is 3.47. The minimum atomic E-state index is -1.58. The Bertz CT molecular complexity index is 1630. The summed E-state index contributed by atoms with van der Waals surface area (Å²) in [5.74, 6) is -3.87. The van der Waals surface area contributed by atoms with Crippen molar-refractivity contribution in [3.63, 3.8) is 0 Å². The standard InChI is InChI=1S/C35H42FN3O7/c1-17(2)23(16-40)38-15-19-14-24(45-6)26-21(28(19)36)12-18-13-22-29(39(4)5)31(42)27(34(37)44)32(43)35(22,3)33(25(18)30(26)41)46-20-10-8-7-9-11-20/h7-11,14,17-18,22-23,29,38,40,42H,12-13,15-16H2,1-6H3,(H2,37,44)/t18-,22-,23+,29-,35-/m0/s1. The first-order valence-corrected chi connectivity index (χ1v) is 15.5. The molecule has 5 rings (SSSR count). The number of ketones is 2. The van der Waals surface area contributed by atoms with Crippen molar-refractivity contribution in [3.05, 3.63) is 81.6 Å². The number of aliphatic hydroxyl groups excluding tert-OH is 2. The van der Waals surface area contributed by atoms with Gasteiger partial charge in [-0.1, -0.05) is 32.0 Å². The number of likely N-dealkylation sites (N-methyl/N-ethyl adjacent to an activating group) is 1. The number of ether oxygens (including phenoxy) is 2. The molecule has 0 fully saturated rings. The Balaban J connectivity index is 1.73. The van der Waals surface area contributed by atoms with Gasteiger partial charge in [0.2, 0.25) is 0 Å². The van der Waals surface area contributed by atoms with Crippen LogP contribution < -0.4 is 20.5 Å². The van der Waals surface area contributed by atoms with E-state index in [0.717, 1.165) is 0 Å². The van der Waals surface area contributed by atoms with Gasteiger partial charge in [0.1, 0.15) is 34.4 Å². The molecule has 5 N–H and O–H groups in total. The van der Waals surface area contributed by atoms with Crippen LogP contribution in [0.3, 0.4) is 0 Å². The highest BCUT2D eigenvalue weighted by Gasteiger charge is 2.62. The van der Waals surface area contributed by atoms with Gasteiger partial charge in [0.25, 0.3) is 5.91 Å². The number of nitrogens with one attached hydrogen (secondary N) is 1. The number of fused-ring (bicyclic) bond motifs is 3. The van der Waals surface area contributed by atoms with Gasteiger partial charge in [-0.05, 0) is 63.9 Å². The van der Waals surface area contributed by atoms with E-state index in [9.17, 15) is 24.6 Å². The van der Waals surface area contributed by atoms with Gasteiger partial charge < -0.3 is 30.7 Å². The third-order valence-corrected chi connectivity index (χ3v) is 9.89. The molecule has 0 aromatic heterocycles. The topological polar surface area (TPSA) is 151 Å². The minimum Gasteiger partial charge on any atom is -0.510 e. The van der Waals surface area contributed by atoms with Crippen molar-refractivity contribution in [2.24, 2.45) is 28.9 Å². The molecule has 0 saturated carbocycles. The molecule has 0 unspecified atom stereocenters. The molecule has 3 aliphatic rings. The maximum atomic E-state index is 16.4. The number of hydrogen-bond donors (Lipinski definition) is 4. The molecule has 0 heterocycles. The van der Waals surface area contributed by atoms with Crippen LogP contribution in [0.2, 0.25) is 0 Å². The zero-order valence-corrected chi connectivity index (χ0v) is 27.0. The first-order chi connectivity index (χ1) is 21.8. The monoisotopic (exact) mass is 635 g/mol. The molecule has 1 amide bonds. The highest BCUT2D eigenvalue weighted by atomic mass is 19.1. The van der Waals surface area contributed by atoms with Crippen LogP contribution in [0.15, 0.2) is 59.1 Å². The van der Waals surface area contributed by atoms with Crippen molar-refractivity contribution in [2.45, 2.75) is 52.2 Å². The smallest absolute Gasteiger partial charge is 0.255 e. The Morgan fingerprint density at radius 1 is 1.22 bits per heavy atom. The highest BCUT2D eigenvalue weighted by Crippen LogP contribution is 2.57. The molecule has 46 heavy (non-hydrogen) atoms. The molecule has 0 aliphatic heterocycles. The second-order valence-corrected chi connectivity index (χ2v) is 13.1. The molecule has 11 heteroatoms. The van der Waals surface area contributed by atoms with Gasteiger partial charge in [-0.15, -0.1) is 0 Å². The van der Waals surface area contributed by atoms with Crippen LogP contribution in [-0.4, -0.2) is 72.5 Å². The Kier molecular flexibility index (Phi) is 9.14. The molecule has 0 bridgehead atoms. The number of halogens is 1. The Labute approximate surface area is 268 Å². The summed E-state index contributed by atoms with van der Waals surface area (Å²) in [6.45, 7) is 5.51. The zero-order valence-electron chi connectivity index (χ0n) is 27.0. The van der Waals surface area contributed by atoms with Crippen molar-refractivity contribution in [1.82, 2.24) is 10.2 Å². The fourth-order valence-corrected chi connectivity index (χ4v) is 7.42. The number of carbonyl (C=O) groups is 3. The molecule has 0 saturated heterocycles. The number of para-hydroxylation sites is 1. The van der Waals surface area contributed by atoms with Crippen molar-refractivity contribution in [2.75, 3.05) is 27.8 Å². The molecule has 10 nitrogen and oxygen atoms in total. The zero-order chi connectivity index (χ0) is 33.7. The van der Waals surface area contributed by atoms with E-state index < -0.39 is 57.9 Å². The number of nitrogens with zero attached hydrogens (tertiary/aromatic N) is 1. The van der Waals surface area contributed by atoms with E-state index in [-0.39, 0.29) is 66.2 Å². The lowest BCUT2D eigenvalue weighted by molar-refractivity contribution is -0.133. The van der Waals surface area contributed by atoms with E-state index in [1.165, 1.54) is 13.2 Å². The largest absolute Gasteiger partial charge is 0.510 e. The number of hydrogen-bond acceptors (Lipinski definition) is 9. The van der Waals surface area contributed by atoms with Gasteiger partial charge in [0.05, 0.1) is 30.7 Å². The lowest BCUT2D eigenvalue weighted by Gasteiger charge is -2.52. The van der Waals surface area contributed by atoms with Gasteiger partial charge in [0, 0.05) is 35.2 Å². The molecule has 0 radical (unpaired) electrons. The predicted molar refractivity (Wildman–Crippen MR) is 169 cm³/mol. The number of nitrogens with two attached hydrogens (primary N) is 1. The third kappa shape index (κ3) is 5.30. The van der Waals surface area contributed by atoms with E-state index >= 15 is 4.39 Å². The summed E-state index contributed by atoms with van der Waals surface area (Å²) in [5, 5.41) is 24.2. The van der Waals surface area contributed by atoms with Crippen LogP contribution in [0.5, 0.6) is 11.5 Å². The SMILES string of the molecule is COc1cc(CN[C@H](CO)C(C)C)c(F)c2c1C(=O)C1=C(Oc3ccccc3)[C@]3(C)C(=O)C(C(N)=O)=C(O)[C@@H](N(C)C)[C@@H]3C[C@@H]1C2. The number of primary amides is 1. The summed E-state index contributed by atoms with van der Waals surface area (Å²) >= 11 is 0. The van der Waals surface area contributed by atoms with E-state index in [1.54, 1.807) is 56.3 Å². The minimum absolute atomic E-state index is 0.0506. The van der Waals surface area contributed by atoms with Crippen molar-refractivity contribution >= 4 is 17.5 Å². The highest BCUT2D eigenvalue weighted by molar-refractivity contribution is 6.23. The summed E-state index contributed by atoms with van der Waals surface area (Å²) in [6.07, 6.45) is 0.323. The van der Waals surface area contributed by atoms with Crippen LogP contribution in [0.4, 0.5) is 4.39 Å². The van der Waals surface area contributed by atoms with Gasteiger partial charge in [-0.2, -0.15) is 0 Å². The Morgan fingerprint density at radius 2 is 1.89 bits per heavy atom. The average Bonchev–Trinajstić information content (AvgIpc) is 3.00. The summed E-state index contributed by atoms with van der Waals surface area (Å²) in [6, 6.07) is 9.07. The number of Topliss-reactive ketones (excluding diaryl/α,β-unsaturated/α-hetero) is 2. The number of amides is 1. The number of allylic oxidation sites excluding steroid dienone is 2. The average molecular weight is 636 g/mol. The molecule has 5 atom stereocenters. The van der Waals surface area contributed by atoms with Crippen LogP contribution in [0.25, 0.3) is 0 Å². The van der Waals surface area contributed by atoms with Gasteiger partial charge >= 0.3 is 0 Å². The second-order valence-electron chi connectivity index (χ2n) is 13.1. The normalized spacial score (nSPS) is 25.0. The van der Waals surface area contributed by atoms with Crippen molar-refractivity contribution in [3.8, 4) is 11.5 Å². The maximum Gasteiger partial charge on any atom is 0.255 e. The first-order valence-electron chi connectivity index (χ1n) is 15.5. The van der Waals surface area contributed by atoms with Crippen LogP contribution >= 0.6 is 0 Å². The third-order valence-electron chi connectivity index (χ3n) is 9.89. The summed E-state index contributed by atoms with van der Waals surface area (Å²) in [7, 11) is 4.84. The molecule has 246 valence electrons.